The van der Waals surface area contributed by atoms with Crippen LogP contribution >= 0.6 is 34.3 Å². The SMILES string of the molecule is CCOC(=O)C1=C(C)N=c2s/c(=C\c3cc(Cl)ccc3OCc3ccccc3C#N)c(=O)n2[C@H]1c1cccs1. The van der Waals surface area contributed by atoms with Crippen molar-refractivity contribution in [2.45, 2.75) is 26.5 Å². The number of thiophene rings is 1. The molecule has 0 amide bonds. The van der Waals surface area contributed by atoms with Gasteiger partial charge in [0.15, 0.2) is 4.80 Å². The Kier molecular flexibility index (Phi) is 7.79. The molecular formula is C29H22ClN3O4S2. The largest absolute Gasteiger partial charge is 0.488 e. The minimum atomic E-state index is -0.639. The zero-order valence-corrected chi connectivity index (χ0v) is 23.4. The second-order valence-electron chi connectivity index (χ2n) is 8.56. The molecule has 39 heavy (non-hydrogen) atoms. The quantitative estimate of drug-likeness (QED) is 0.290. The number of carbonyl (C=O) groups excluding carboxylic acids is 1. The van der Waals surface area contributed by atoms with Crippen molar-refractivity contribution in [2.24, 2.45) is 4.99 Å². The molecule has 0 saturated heterocycles. The molecule has 0 unspecified atom stereocenters. The van der Waals surface area contributed by atoms with E-state index in [4.69, 9.17) is 21.1 Å². The summed E-state index contributed by atoms with van der Waals surface area (Å²) in [7, 11) is 0. The maximum absolute atomic E-state index is 13.8. The van der Waals surface area contributed by atoms with Gasteiger partial charge in [-0.25, -0.2) is 9.79 Å². The Morgan fingerprint density at radius 3 is 2.79 bits per heavy atom. The Balaban J connectivity index is 1.60. The molecule has 7 nitrogen and oxygen atoms in total. The Morgan fingerprint density at radius 1 is 1.23 bits per heavy atom. The normalized spacial score (nSPS) is 14.9. The first kappa shape index (κ1) is 26.6. The zero-order valence-electron chi connectivity index (χ0n) is 21.0. The van der Waals surface area contributed by atoms with Crippen LogP contribution in [0.5, 0.6) is 5.75 Å². The number of allylic oxidation sites excluding steroid dienone is 1. The summed E-state index contributed by atoms with van der Waals surface area (Å²) < 4.78 is 13.4. The van der Waals surface area contributed by atoms with Crippen molar-refractivity contribution in [3.05, 3.63) is 118 Å². The molecule has 0 saturated carbocycles. The van der Waals surface area contributed by atoms with Crippen LogP contribution in [0, 0.1) is 11.3 Å². The van der Waals surface area contributed by atoms with Crippen molar-refractivity contribution in [3.63, 3.8) is 0 Å². The lowest BCUT2D eigenvalue weighted by Gasteiger charge is -2.23. The van der Waals surface area contributed by atoms with Gasteiger partial charge in [-0.3, -0.25) is 9.36 Å². The average Bonchev–Trinajstić information content (AvgIpc) is 3.56. The number of aromatic nitrogens is 1. The first-order valence-electron chi connectivity index (χ1n) is 12.0. The number of hydrogen-bond donors (Lipinski definition) is 0. The van der Waals surface area contributed by atoms with Crippen molar-refractivity contribution in [3.8, 4) is 11.8 Å². The third-order valence-corrected chi connectivity index (χ3v) is 8.25. The maximum atomic E-state index is 13.8. The van der Waals surface area contributed by atoms with Gasteiger partial charge in [0.1, 0.15) is 18.4 Å². The predicted octanol–water partition coefficient (Wildman–Crippen LogP) is 4.96. The monoisotopic (exact) mass is 575 g/mol. The molecule has 0 radical (unpaired) electrons. The van der Waals surface area contributed by atoms with E-state index >= 15 is 0 Å². The molecule has 0 N–H and O–H groups in total. The highest BCUT2D eigenvalue weighted by Crippen LogP contribution is 2.33. The average molecular weight is 576 g/mol. The Hall–Kier alpha value is -3.97. The molecule has 1 aliphatic heterocycles. The summed E-state index contributed by atoms with van der Waals surface area (Å²) in [6.45, 7) is 3.89. The van der Waals surface area contributed by atoms with Gasteiger partial charge in [0.25, 0.3) is 5.56 Å². The number of nitrogens with zero attached hydrogens (tertiary/aromatic N) is 3. The van der Waals surface area contributed by atoms with Gasteiger partial charge in [-0.15, -0.1) is 11.3 Å². The molecule has 5 rings (SSSR count). The van der Waals surface area contributed by atoms with Crippen LogP contribution < -0.4 is 19.6 Å². The number of halogens is 1. The number of carbonyl (C=O) groups is 1. The van der Waals surface area contributed by atoms with Gasteiger partial charge < -0.3 is 9.47 Å². The standard InChI is InChI=1S/C29H22ClN3O4S2/c1-3-36-28(35)25-17(2)32-29-33(26(25)23-9-6-12-38-23)27(34)24(39-29)14-20-13-21(30)10-11-22(20)37-16-19-8-5-4-7-18(19)15-31/h4-14,26H,3,16H2,1-2H3/b24-14-/t26-/m0/s1. The van der Waals surface area contributed by atoms with Crippen LogP contribution in [-0.4, -0.2) is 17.1 Å². The third-order valence-electron chi connectivity index (χ3n) is 6.11. The van der Waals surface area contributed by atoms with E-state index in [1.165, 1.54) is 22.7 Å². The Bertz CT molecular complexity index is 1810. The van der Waals surface area contributed by atoms with E-state index in [2.05, 4.69) is 11.1 Å². The first-order valence-corrected chi connectivity index (χ1v) is 14.1. The summed E-state index contributed by atoms with van der Waals surface area (Å²) in [5, 5.41) is 11.8. The summed E-state index contributed by atoms with van der Waals surface area (Å²) >= 11 is 9.00. The molecule has 3 heterocycles. The number of rotatable bonds is 7. The van der Waals surface area contributed by atoms with Gasteiger partial charge in [0.05, 0.1) is 34.0 Å². The molecule has 2 aromatic carbocycles. The van der Waals surface area contributed by atoms with Gasteiger partial charge in [0, 0.05) is 21.0 Å². The second kappa shape index (κ2) is 11.4. The summed E-state index contributed by atoms with van der Waals surface area (Å²) in [6, 6.07) is 17.7. The summed E-state index contributed by atoms with van der Waals surface area (Å²) in [6.07, 6.45) is 1.72. The smallest absolute Gasteiger partial charge is 0.338 e. The number of nitriles is 1. The highest BCUT2D eigenvalue weighted by Gasteiger charge is 2.33. The number of thiazole rings is 1. The number of hydrogen-bond acceptors (Lipinski definition) is 8. The Morgan fingerprint density at radius 2 is 2.05 bits per heavy atom. The lowest BCUT2D eigenvalue weighted by Crippen LogP contribution is -2.39. The molecule has 0 bridgehead atoms. The van der Waals surface area contributed by atoms with Crippen molar-refractivity contribution in [1.29, 1.82) is 5.26 Å². The molecule has 1 aliphatic rings. The van der Waals surface area contributed by atoms with Gasteiger partial charge in [-0.05, 0) is 55.6 Å². The molecule has 0 spiro atoms. The van der Waals surface area contributed by atoms with Crippen molar-refractivity contribution in [1.82, 2.24) is 4.57 Å². The molecule has 10 heteroatoms. The highest BCUT2D eigenvalue weighted by atomic mass is 35.5. The first-order chi connectivity index (χ1) is 18.9. The molecule has 4 aromatic rings. The molecule has 196 valence electrons. The molecule has 0 aliphatic carbocycles. The van der Waals surface area contributed by atoms with Crippen molar-refractivity contribution < 1.29 is 14.3 Å². The van der Waals surface area contributed by atoms with Gasteiger partial charge in [0.2, 0.25) is 0 Å². The second-order valence-corrected chi connectivity index (χ2v) is 11.0. The van der Waals surface area contributed by atoms with Gasteiger partial charge >= 0.3 is 5.97 Å². The van der Waals surface area contributed by atoms with Crippen LogP contribution in [0.15, 0.2) is 81.0 Å². The number of ether oxygens (including phenoxy) is 2. The predicted molar refractivity (Wildman–Crippen MR) is 152 cm³/mol. The zero-order chi connectivity index (χ0) is 27.5. The summed E-state index contributed by atoms with van der Waals surface area (Å²) in [4.78, 5) is 32.7. The lowest BCUT2D eigenvalue weighted by molar-refractivity contribution is -0.139. The topological polar surface area (TPSA) is 93.7 Å². The summed E-state index contributed by atoms with van der Waals surface area (Å²) in [5.41, 5.74) is 2.47. The highest BCUT2D eigenvalue weighted by molar-refractivity contribution is 7.10. The Labute approximate surface area is 237 Å². The maximum Gasteiger partial charge on any atom is 0.338 e. The molecule has 0 fully saturated rings. The van der Waals surface area contributed by atoms with E-state index in [9.17, 15) is 14.9 Å². The molecular weight excluding hydrogens is 554 g/mol. The van der Waals surface area contributed by atoms with Crippen LogP contribution in [0.25, 0.3) is 6.08 Å². The fourth-order valence-electron chi connectivity index (χ4n) is 4.32. The minimum Gasteiger partial charge on any atom is -0.488 e. The van der Waals surface area contributed by atoms with E-state index < -0.39 is 12.0 Å². The molecule has 1 atom stereocenters. The fraction of sp³-hybridized carbons (Fsp3) is 0.172. The van der Waals surface area contributed by atoms with Crippen LogP contribution in [0.2, 0.25) is 5.02 Å². The molecule has 2 aromatic heterocycles. The lowest BCUT2D eigenvalue weighted by atomic mass is 10.0. The van der Waals surface area contributed by atoms with Crippen LogP contribution in [0.3, 0.4) is 0 Å². The van der Waals surface area contributed by atoms with Crippen LogP contribution in [0.4, 0.5) is 0 Å². The number of benzene rings is 2. The van der Waals surface area contributed by atoms with Gasteiger partial charge in [-0.1, -0.05) is 47.2 Å². The van der Waals surface area contributed by atoms with Crippen LogP contribution in [-0.2, 0) is 16.1 Å². The third kappa shape index (κ3) is 5.32. The van der Waals surface area contributed by atoms with E-state index in [1.807, 2.05) is 29.6 Å². The summed E-state index contributed by atoms with van der Waals surface area (Å²) in [5.74, 6) is 0.0192. The fourth-order valence-corrected chi connectivity index (χ4v) is 6.36. The van der Waals surface area contributed by atoms with Crippen molar-refractivity contribution in [2.75, 3.05) is 6.61 Å². The van der Waals surface area contributed by atoms with E-state index in [0.29, 0.717) is 42.5 Å². The van der Waals surface area contributed by atoms with E-state index in [0.717, 1.165) is 10.4 Å². The minimum absolute atomic E-state index is 0.175. The van der Waals surface area contributed by atoms with E-state index in [-0.39, 0.29) is 18.8 Å². The van der Waals surface area contributed by atoms with Crippen LogP contribution in [0.1, 0.15) is 41.5 Å². The van der Waals surface area contributed by atoms with Crippen molar-refractivity contribution >= 4 is 46.3 Å². The number of fused-ring (bicyclic) bond motifs is 1. The van der Waals surface area contributed by atoms with E-state index in [1.54, 1.807) is 54.8 Å². The van der Waals surface area contributed by atoms with Gasteiger partial charge in [-0.2, -0.15) is 5.26 Å². The number of esters is 1.